The summed E-state index contributed by atoms with van der Waals surface area (Å²) in [4.78, 5) is 16.2. The number of rotatable bonds is 8. The molecule has 0 unspecified atom stereocenters. The van der Waals surface area contributed by atoms with E-state index in [1.54, 1.807) is 43.6 Å². The highest BCUT2D eigenvalue weighted by atomic mass is 16.5. The fourth-order valence-electron chi connectivity index (χ4n) is 2.38. The van der Waals surface area contributed by atoms with Crippen LogP contribution in [-0.2, 0) is 16.1 Å². The van der Waals surface area contributed by atoms with Gasteiger partial charge in [-0.25, -0.2) is 4.98 Å². The number of nitrogens with zero attached hydrogens (tertiary/aromatic N) is 1. The summed E-state index contributed by atoms with van der Waals surface area (Å²) in [6.45, 7) is 0.405. The molecule has 0 spiro atoms. The molecule has 1 heterocycles. The number of carbonyl (C=O) groups excluding carboxylic acids is 1. The molecule has 0 aliphatic rings. The Kier molecular flexibility index (Phi) is 6.38. The van der Waals surface area contributed by atoms with Gasteiger partial charge in [-0.3, -0.25) is 4.79 Å². The van der Waals surface area contributed by atoms with E-state index < -0.39 is 0 Å². The van der Waals surface area contributed by atoms with Crippen LogP contribution in [0.2, 0.25) is 0 Å². The van der Waals surface area contributed by atoms with Gasteiger partial charge in [-0.05, 0) is 48.0 Å². The fraction of sp³-hybridized carbons (Fsp3) is 0.143. The van der Waals surface area contributed by atoms with Crippen molar-refractivity contribution in [3.63, 3.8) is 0 Å². The molecule has 27 heavy (non-hydrogen) atoms. The van der Waals surface area contributed by atoms with Crippen molar-refractivity contribution in [2.24, 2.45) is 0 Å². The van der Waals surface area contributed by atoms with Gasteiger partial charge in [-0.2, -0.15) is 0 Å². The first kappa shape index (κ1) is 18.4. The van der Waals surface area contributed by atoms with E-state index in [0.717, 1.165) is 5.56 Å². The maximum Gasteiger partial charge on any atom is 0.262 e. The SMILES string of the molecule is COCc1cccc(NC(=O)COc2ccc(Oc3ccccn3)cc2)c1. The Hall–Kier alpha value is -3.38. The van der Waals surface area contributed by atoms with Gasteiger partial charge in [0.15, 0.2) is 6.61 Å². The van der Waals surface area contributed by atoms with Crippen molar-refractivity contribution >= 4 is 11.6 Å². The van der Waals surface area contributed by atoms with Crippen LogP contribution in [0.5, 0.6) is 17.4 Å². The molecule has 6 nitrogen and oxygen atoms in total. The van der Waals surface area contributed by atoms with Crippen LogP contribution in [0.1, 0.15) is 5.56 Å². The summed E-state index contributed by atoms with van der Waals surface area (Å²) < 4.78 is 16.2. The Bertz CT molecular complexity index is 867. The maximum absolute atomic E-state index is 12.1. The molecular weight excluding hydrogens is 344 g/mol. The Morgan fingerprint density at radius 2 is 1.81 bits per heavy atom. The van der Waals surface area contributed by atoms with Gasteiger partial charge >= 0.3 is 0 Å². The Labute approximate surface area is 157 Å². The Balaban J connectivity index is 1.49. The molecule has 6 heteroatoms. The van der Waals surface area contributed by atoms with Gasteiger partial charge in [-0.1, -0.05) is 18.2 Å². The van der Waals surface area contributed by atoms with Crippen molar-refractivity contribution in [2.75, 3.05) is 19.0 Å². The lowest BCUT2D eigenvalue weighted by Gasteiger charge is -2.09. The average Bonchev–Trinajstić information content (AvgIpc) is 2.69. The first-order valence-electron chi connectivity index (χ1n) is 8.42. The minimum atomic E-state index is -0.238. The van der Waals surface area contributed by atoms with Gasteiger partial charge in [0.05, 0.1) is 6.61 Å². The van der Waals surface area contributed by atoms with Gasteiger partial charge in [0, 0.05) is 25.1 Å². The first-order chi connectivity index (χ1) is 13.2. The van der Waals surface area contributed by atoms with E-state index in [0.29, 0.717) is 29.7 Å². The third-order valence-corrected chi connectivity index (χ3v) is 3.58. The van der Waals surface area contributed by atoms with E-state index in [-0.39, 0.29) is 12.5 Å². The predicted molar refractivity (Wildman–Crippen MR) is 102 cm³/mol. The first-order valence-corrected chi connectivity index (χ1v) is 8.42. The second-order valence-corrected chi connectivity index (χ2v) is 5.71. The van der Waals surface area contributed by atoms with Crippen molar-refractivity contribution in [3.05, 3.63) is 78.5 Å². The number of amides is 1. The molecule has 138 valence electrons. The number of hydrogen-bond acceptors (Lipinski definition) is 5. The molecule has 2 aromatic carbocycles. The predicted octanol–water partition coefficient (Wildman–Crippen LogP) is 4.04. The summed E-state index contributed by atoms with van der Waals surface area (Å²) >= 11 is 0. The van der Waals surface area contributed by atoms with Gasteiger partial charge < -0.3 is 19.5 Å². The summed E-state index contributed by atoms with van der Waals surface area (Å²) in [7, 11) is 1.63. The molecule has 0 saturated carbocycles. The second-order valence-electron chi connectivity index (χ2n) is 5.71. The molecular formula is C21H20N2O4. The molecule has 1 aromatic heterocycles. The van der Waals surface area contributed by atoms with Crippen LogP contribution in [0.3, 0.4) is 0 Å². The standard InChI is InChI=1S/C21H20N2O4/c1-25-14-16-5-4-6-17(13-16)23-20(24)15-26-18-8-10-19(11-9-18)27-21-7-2-3-12-22-21/h2-13H,14-15H2,1H3,(H,23,24). The molecule has 0 saturated heterocycles. The van der Waals surface area contributed by atoms with E-state index in [4.69, 9.17) is 14.2 Å². The van der Waals surface area contributed by atoms with Crippen LogP contribution in [0.15, 0.2) is 72.9 Å². The van der Waals surface area contributed by atoms with Crippen LogP contribution in [0, 0.1) is 0 Å². The quantitative estimate of drug-likeness (QED) is 0.653. The molecule has 0 bridgehead atoms. The smallest absolute Gasteiger partial charge is 0.262 e. The van der Waals surface area contributed by atoms with Crippen LogP contribution in [0.25, 0.3) is 0 Å². The minimum Gasteiger partial charge on any atom is -0.484 e. The zero-order chi connectivity index (χ0) is 18.9. The average molecular weight is 364 g/mol. The van der Waals surface area contributed by atoms with E-state index in [1.807, 2.05) is 36.4 Å². The molecule has 3 rings (SSSR count). The lowest BCUT2D eigenvalue weighted by atomic mass is 10.2. The van der Waals surface area contributed by atoms with Crippen LogP contribution in [0.4, 0.5) is 5.69 Å². The molecule has 1 amide bonds. The number of anilines is 1. The monoisotopic (exact) mass is 364 g/mol. The molecule has 0 aliphatic carbocycles. The summed E-state index contributed by atoms with van der Waals surface area (Å²) in [5.74, 6) is 1.49. The summed E-state index contributed by atoms with van der Waals surface area (Å²) in [5.41, 5.74) is 1.69. The van der Waals surface area contributed by atoms with E-state index in [2.05, 4.69) is 10.3 Å². The summed E-state index contributed by atoms with van der Waals surface area (Å²) in [6, 6.07) is 19.9. The number of benzene rings is 2. The third-order valence-electron chi connectivity index (χ3n) is 3.58. The second kappa shape index (κ2) is 9.35. The number of ether oxygens (including phenoxy) is 3. The third kappa shape index (κ3) is 5.83. The van der Waals surface area contributed by atoms with Gasteiger partial charge in [0.25, 0.3) is 5.91 Å². The van der Waals surface area contributed by atoms with E-state index in [9.17, 15) is 4.79 Å². The van der Waals surface area contributed by atoms with Gasteiger partial charge in [0.1, 0.15) is 11.5 Å². The molecule has 3 aromatic rings. The van der Waals surface area contributed by atoms with Crippen molar-refractivity contribution < 1.29 is 19.0 Å². The number of methoxy groups -OCH3 is 1. The van der Waals surface area contributed by atoms with Crippen molar-refractivity contribution in [1.82, 2.24) is 4.98 Å². The van der Waals surface area contributed by atoms with Crippen molar-refractivity contribution in [3.8, 4) is 17.4 Å². The topological polar surface area (TPSA) is 69.7 Å². The molecule has 1 N–H and O–H groups in total. The van der Waals surface area contributed by atoms with Crippen molar-refractivity contribution in [1.29, 1.82) is 0 Å². The largest absolute Gasteiger partial charge is 0.484 e. The lowest BCUT2D eigenvalue weighted by Crippen LogP contribution is -2.20. The molecule has 0 radical (unpaired) electrons. The van der Waals surface area contributed by atoms with Gasteiger partial charge in [0.2, 0.25) is 5.88 Å². The number of pyridine rings is 1. The minimum absolute atomic E-state index is 0.0883. The highest BCUT2D eigenvalue weighted by molar-refractivity contribution is 5.91. The molecule has 0 atom stereocenters. The molecule has 0 fully saturated rings. The van der Waals surface area contributed by atoms with Crippen LogP contribution in [-0.4, -0.2) is 24.6 Å². The highest BCUT2D eigenvalue weighted by Gasteiger charge is 2.05. The lowest BCUT2D eigenvalue weighted by molar-refractivity contribution is -0.118. The van der Waals surface area contributed by atoms with Crippen LogP contribution < -0.4 is 14.8 Å². The Morgan fingerprint density at radius 3 is 2.56 bits per heavy atom. The summed E-state index contributed by atoms with van der Waals surface area (Å²) in [5, 5.41) is 2.80. The van der Waals surface area contributed by atoms with E-state index >= 15 is 0 Å². The Morgan fingerprint density at radius 1 is 1.00 bits per heavy atom. The highest BCUT2D eigenvalue weighted by Crippen LogP contribution is 2.22. The van der Waals surface area contributed by atoms with Crippen molar-refractivity contribution in [2.45, 2.75) is 6.61 Å². The zero-order valence-corrected chi connectivity index (χ0v) is 14.9. The van der Waals surface area contributed by atoms with Gasteiger partial charge in [-0.15, -0.1) is 0 Å². The molecule has 0 aliphatic heterocycles. The fourth-order valence-corrected chi connectivity index (χ4v) is 2.38. The number of hydrogen-bond donors (Lipinski definition) is 1. The van der Waals surface area contributed by atoms with Crippen LogP contribution >= 0.6 is 0 Å². The normalized spacial score (nSPS) is 10.3. The van der Waals surface area contributed by atoms with E-state index in [1.165, 1.54) is 0 Å². The summed E-state index contributed by atoms with van der Waals surface area (Å²) in [6.07, 6.45) is 1.66. The number of carbonyl (C=O) groups is 1. The maximum atomic E-state index is 12.1. The number of nitrogens with one attached hydrogen (secondary N) is 1. The zero-order valence-electron chi connectivity index (χ0n) is 14.9. The number of aromatic nitrogens is 1.